The van der Waals surface area contributed by atoms with Crippen LogP contribution in [0.1, 0.15) is 36.3 Å². The lowest BCUT2D eigenvalue weighted by atomic mass is 9.77. The van der Waals surface area contributed by atoms with E-state index in [1.54, 1.807) is 25.2 Å². The predicted octanol–water partition coefficient (Wildman–Crippen LogP) is 3.85. The van der Waals surface area contributed by atoms with E-state index in [1.807, 2.05) is 0 Å². The zero-order valence-electron chi connectivity index (χ0n) is 12.9. The van der Waals surface area contributed by atoms with Gasteiger partial charge in [-0.2, -0.15) is 4.74 Å². The molecule has 0 amide bonds. The Morgan fingerprint density at radius 2 is 2.00 bits per heavy atom. The minimum atomic E-state index is -0.490. The van der Waals surface area contributed by atoms with Crippen LogP contribution >= 0.6 is 23.2 Å². The number of benzene rings is 1. The van der Waals surface area contributed by atoms with Crippen molar-refractivity contribution >= 4 is 34.8 Å². The molecule has 2 aliphatic rings. The van der Waals surface area contributed by atoms with Gasteiger partial charge < -0.3 is 9.84 Å². The van der Waals surface area contributed by atoms with Gasteiger partial charge in [0.1, 0.15) is 0 Å². The number of ketones is 1. The van der Waals surface area contributed by atoms with Crippen molar-refractivity contribution in [2.24, 2.45) is 7.05 Å². The molecule has 4 rings (SSSR count). The first-order valence-corrected chi connectivity index (χ1v) is 8.41. The summed E-state index contributed by atoms with van der Waals surface area (Å²) in [7, 11) is 1.66. The van der Waals surface area contributed by atoms with E-state index in [1.165, 1.54) is 4.74 Å². The highest BCUT2D eigenvalue weighted by Gasteiger charge is 2.39. The number of carbonyl (C=O) groups excluding carboxylic acids is 1. The molecule has 1 aliphatic heterocycles. The van der Waals surface area contributed by atoms with Gasteiger partial charge in [0.2, 0.25) is 0 Å². The number of anilines is 1. The monoisotopic (exact) mass is 364 g/mol. The molecule has 0 saturated carbocycles. The molecule has 2 heterocycles. The number of carbonyl (C=O) groups is 1. The minimum Gasteiger partial charge on any atom is -0.342 e. The van der Waals surface area contributed by atoms with Crippen molar-refractivity contribution in [3.8, 4) is 0 Å². The number of fused-ring (bicyclic) bond motifs is 1. The molecule has 0 fully saturated rings. The van der Waals surface area contributed by atoms with Gasteiger partial charge in [-0.1, -0.05) is 29.3 Å². The Morgan fingerprint density at radius 1 is 1.21 bits per heavy atom. The van der Waals surface area contributed by atoms with E-state index < -0.39 is 11.5 Å². The van der Waals surface area contributed by atoms with Crippen LogP contribution < -0.4 is 10.9 Å². The quantitative estimate of drug-likeness (QED) is 0.834. The molecule has 1 aromatic carbocycles. The molecule has 1 N–H and O–H groups in total. The van der Waals surface area contributed by atoms with Crippen LogP contribution in [0.15, 0.2) is 38.8 Å². The minimum absolute atomic E-state index is 0.0497. The van der Waals surface area contributed by atoms with Crippen molar-refractivity contribution in [2.45, 2.75) is 25.2 Å². The third-order valence-electron chi connectivity index (χ3n) is 4.59. The molecule has 0 saturated heterocycles. The van der Waals surface area contributed by atoms with Crippen LogP contribution in [0.25, 0.3) is 0 Å². The Balaban J connectivity index is 2.00. The van der Waals surface area contributed by atoms with E-state index in [4.69, 9.17) is 27.7 Å². The van der Waals surface area contributed by atoms with E-state index in [0.29, 0.717) is 33.4 Å². The summed E-state index contributed by atoms with van der Waals surface area (Å²) in [5.41, 5.74) is 2.22. The highest BCUT2D eigenvalue weighted by atomic mass is 35.5. The molecule has 1 unspecified atom stereocenters. The maximum atomic E-state index is 12.6. The van der Waals surface area contributed by atoms with Gasteiger partial charge in [-0.25, -0.2) is 4.79 Å². The molecule has 1 aliphatic carbocycles. The van der Waals surface area contributed by atoms with Gasteiger partial charge in [0.15, 0.2) is 11.6 Å². The zero-order chi connectivity index (χ0) is 17.0. The second-order valence-corrected chi connectivity index (χ2v) is 6.85. The van der Waals surface area contributed by atoms with Crippen molar-refractivity contribution in [3.63, 3.8) is 0 Å². The number of halogens is 2. The summed E-state index contributed by atoms with van der Waals surface area (Å²) in [6.07, 6.45) is 2.03. The molecule has 24 heavy (non-hydrogen) atoms. The van der Waals surface area contributed by atoms with Crippen LogP contribution in [0.3, 0.4) is 0 Å². The first-order valence-electron chi connectivity index (χ1n) is 7.65. The van der Waals surface area contributed by atoms with Crippen molar-refractivity contribution < 1.29 is 9.32 Å². The molecule has 0 radical (unpaired) electrons. The number of rotatable bonds is 1. The molecule has 1 aromatic heterocycles. The van der Waals surface area contributed by atoms with Crippen LogP contribution in [0, 0.1) is 0 Å². The fourth-order valence-corrected chi connectivity index (χ4v) is 3.83. The van der Waals surface area contributed by atoms with Crippen molar-refractivity contribution in [1.29, 1.82) is 0 Å². The Morgan fingerprint density at radius 3 is 2.75 bits per heavy atom. The average molecular weight is 365 g/mol. The van der Waals surface area contributed by atoms with Crippen molar-refractivity contribution in [2.75, 3.05) is 5.32 Å². The predicted molar refractivity (Wildman–Crippen MR) is 91.8 cm³/mol. The van der Waals surface area contributed by atoms with Crippen LogP contribution in [-0.2, 0) is 11.8 Å². The standard InChI is InChI=1S/C17H14Cl2N2O3/c1-21-16-15(17(23)24-21)13(8-5-6-9(18)10(19)7-8)14-11(20-16)3-2-4-12(14)22/h5-7,13,20H,2-4H2,1H3. The van der Waals surface area contributed by atoms with Gasteiger partial charge in [-0.15, -0.1) is 0 Å². The second kappa shape index (κ2) is 5.53. The van der Waals surface area contributed by atoms with E-state index in [-0.39, 0.29) is 5.78 Å². The molecular formula is C17H14Cl2N2O3. The number of aryl methyl sites for hydroxylation is 1. The summed E-state index contributed by atoms with van der Waals surface area (Å²) in [5, 5.41) is 4.03. The number of nitrogens with one attached hydrogen (secondary N) is 1. The lowest BCUT2D eigenvalue weighted by molar-refractivity contribution is -0.116. The van der Waals surface area contributed by atoms with Gasteiger partial charge in [-0.05, 0) is 30.5 Å². The maximum absolute atomic E-state index is 12.6. The summed E-state index contributed by atoms with van der Waals surface area (Å²) in [4.78, 5) is 25.0. The molecule has 7 heteroatoms. The highest BCUT2D eigenvalue weighted by Crippen LogP contribution is 2.44. The van der Waals surface area contributed by atoms with Crippen molar-refractivity contribution in [1.82, 2.24) is 4.74 Å². The normalized spacial score (nSPS) is 19.8. The Labute approximate surface area is 147 Å². The summed E-state index contributed by atoms with van der Waals surface area (Å²) in [5.74, 6) is 0.148. The third kappa shape index (κ3) is 2.23. The van der Waals surface area contributed by atoms with Crippen LogP contribution in [0.2, 0.25) is 10.0 Å². The lowest BCUT2D eigenvalue weighted by Crippen LogP contribution is -2.29. The first kappa shape index (κ1) is 15.5. The van der Waals surface area contributed by atoms with Gasteiger partial charge in [0.25, 0.3) is 0 Å². The van der Waals surface area contributed by atoms with Crippen LogP contribution in [0.5, 0.6) is 0 Å². The SMILES string of the molecule is Cn1oc(=O)c2c1NC1=C(C(=O)CCC1)C2c1ccc(Cl)c(Cl)c1. The molecule has 0 spiro atoms. The number of hydrogen-bond donors (Lipinski definition) is 1. The number of allylic oxidation sites excluding steroid dienone is 2. The zero-order valence-corrected chi connectivity index (χ0v) is 14.4. The number of Topliss-reactive ketones (excluding diaryl/α,β-unsaturated/α-hetero) is 1. The van der Waals surface area contributed by atoms with Gasteiger partial charge in [0.05, 0.1) is 21.5 Å². The Bertz CT molecular complexity index is 955. The molecular weight excluding hydrogens is 351 g/mol. The third-order valence-corrected chi connectivity index (χ3v) is 5.33. The van der Waals surface area contributed by atoms with E-state index in [9.17, 15) is 9.59 Å². The summed E-state index contributed by atoms with van der Waals surface area (Å²) in [6.45, 7) is 0. The largest absolute Gasteiger partial charge is 0.363 e. The molecule has 124 valence electrons. The fourth-order valence-electron chi connectivity index (χ4n) is 3.53. The van der Waals surface area contributed by atoms with E-state index in [0.717, 1.165) is 24.1 Å². The van der Waals surface area contributed by atoms with Gasteiger partial charge >= 0.3 is 5.63 Å². The molecule has 0 bridgehead atoms. The van der Waals surface area contributed by atoms with Crippen molar-refractivity contribution in [3.05, 3.63) is 61.1 Å². The maximum Gasteiger partial charge on any atom is 0.363 e. The fraction of sp³-hybridized carbons (Fsp3) is 0.294. The highest BCUT2D eigenvalue weighted by molar-refractivity contribution is 6.42. The summed E-state index contributed by atoms with van der Waals surface area (Å²) < 4.78 is 6.62. The van der Waals surface area contributed by atoms with Gasteiger partial charge in [-0.3, -0.25) is 4.79 Å². The summed E-state index contributed by atoms with van der Waals surface area (Å²) >= 11 is 12.2. The first-order chi connectivity index (χ1) is 11.5. The Kier molecular flexibility index (Phi) is 3.58. The molecule has 5 nitrogen and oxygen atoms in total. The van der Waals surface area contributed by atoms with E-state index in [2.05, 4.69) is 5.32 Å². The Hall–Kier alpha value is -1.98. The molecule has 2 aromatic rings. The average Bonchev–Trinajstić information content (AvgIpc) is 2.83. The van der Waals surface area contributed by atoms with Crippen LogP contribution in [0.4, 0.5) is 5.82 Å². The van der Waals surface area contributed by atoms with E-state index >= 15 is 0 Å². The lowest BCUT2D eigenvalue weighted by Gasteiger charge is -2.31. The second-order valence-electron chi connectivity index (χ2n) is 6.04. The number of nitrogens with zero attached hydrogens (tertiary/aromatic N) is 1. The summed E-state index contributed by atoms with van der Waals surface area (Å²) in [6, 6.07) is 5.19. The van der Waals surface area contributed by atoms with Crippen LogP contribution in [-0.4, -0.2) is 10.5 Å². The molecule has 1 atom stereocenters. The topological polar surface area (TPSA) is 64.2 Å². The van der Waals surface area contributed by atoms with Gasteiger partial charge in [0, 0.05) is 24.7 Å². The smallest absolute Gasteiger partial charge is 0.342 e. The number of hydrogen-bond acceptors (Lipinski definition) is 4. The number of aromatic nitrogens is 1.